The average Bonchev–Trinajstić information content (AvgIpc) is 3.33. The zero-order valence-corrected chi connectivity index (χ0v) is 19.7. The molecule has 6 rings (SSSR count). The summed E-state index contributed by atoms with van der Waals surface area (Å²) < 4.78 is 17.6. The molecule has 0 aliphatic carbocycles. The smallest absolute Gasteiger partial charge is 0.332 e. The van der Waals surface area contributed by atoms with Crippen LogP contribution in [0.4, 0.5) is 10.2 Å². The summed E-state index contributed by atoms with van der Waals surface area (Å²) in [5.74, 6) is 0.917. The van der Waals surface area contributed by atoms with Crippen molar-refractivity contribution in [3.8, 4) is 33.7 Å². The van der Waals surface area contributed by atoms with E-state index in [4.69, 9.17) is 11.6 Å². The number of hydrogen-bond donors (Lipinski definition) is 2. The molecule has 2 aromatic carbocycles. The first kappa shape index (κ1) is 21.9. The predicted molar refractivity (Wildman–Crippen MR) is 134 cm³/mol. The minimum Gasteiger partial charge on any atom is -0.507 e. The van der Waals surface area contributed by atoms with Crippen molar-refractivity contribution in [1.29, 1.82) is 0 Å². The Bertz CT molecular complexity index is 1500. The Hall–Kier alpha value is -3.62. The average molecular weight is 492 g/mol. The molecule has 0 saturated carbocycles. The molecule has 2 atom stereocenters. The molecule has 7 nitrogen and oxygen atoms in total. The number of aryl methyl sites for hydroxylation is 1. The lowest BCUT2D eigenvalue weighted by atomic mass is 9.96. The lowest BCUT2D eigenvalue weighted by Crippen LogP contribution is -2.51. The molecule has 0 radical (unpaired) electrons. The summed E-state index contributed by atoms with van der Waals surface area (Å²) >= 11 is 6.50. The monoisotopic (exact) mass is 491 g/mol. The molecular weight excluding hydrogens is 469 g/mol. The van der Waals surface area contributed by atoms with Crippen molar-refractivity contribution in [2.75, 3.05) is 24.5 Å². The van der Waals surface area contributed by atoms with Crippen molar-refractivity contribution >= 4 is 17.4 Å². The maximum absolute atomic E-state index is 14.8. The molecule has 2 aliphatic heterocycles. The van der Waals surface area contributed by atoms with Gasteiger partial charge in [0.2, 0.25) is 0 Å². The Labute approximate surface area is 206 Å². The van der Waals surface area contributed by atoms with Gasteiger partial charge in [-0.2, -0.15) is 0 Å². The van der Waals surface area contributed by atoms with Crippen LogP contribution < -0.4 is 15.9 Å². The zero-order chi connectivity index (χ0) is 24.3. The molecule has 0 bridgehead atoms. The van der Waals surface area contributed by atoms with Gasteiger partial charge in [-0.25, -0.2) is 14.2 Å². The third-order valence-electron chi connectivity index (χ3n) is 7.00. The van der Waals surface area contributed by atoms with Crippen LogP contribution in [0.1, 0.15) is 0 Å². The Morgan fingerprint density at radius 2 is 1.86 bits per heavy atom. The summed E-state index contributed by atoms with van der Waals surface area (Å²) in [6, 6.07) is 11.8. The summed E-state index contributed by atoms with van der Waals surface area (Å²) in [6.45, 7) is 2.84. The Balaban J connectivity index is 1.38. The summed E-state index contributed by atoms with van der Waals surface area (Å²) in [4.78, 5) is 19.0. The molecule has 2 saturated heterocycles. The minimum atomic E-state index is -0.478. The van der Waals surface area contributed by atoms with Crippen molar-refractivity contribution in [3.63, 3.8) is 0 Å². The summed E-state index contributed by atoms with van der Waals surface area (Å²) in [6.07, 6.45) is 4.96. The van der Waals surface area contributed by atoms with Gasteiger partial charge in [0.1, 0.15) is 17.4 Å². The van der Waals surface area contributed by atoms with Gasteiger partial charge in [0.15, 0.2) is 0 Å². The van der Waals surface area contributed by atoms with Gasteiger partial charge in [0, 0.05) is 68.4 Å². The number of imidazole rings is 1. The number of fused-ring (bicyclic) bond motifs is 1. The second-order valence-corrected chi connectivity index (χ2v) is 9.57. The number of pyridine rings is 1. The van der Waals surface area contributed by atoms with Gasteiger partial charge in [-0.1, -0.05) is 17.7 Å². The fourth-order valence-corrected chi connectivity index (χ4v) is 5.23. The lowest BCUT2D eigenvalue weighted by Gasteiger charge is -2.29. The predicted octanol–water partition coefficient (Wildman–Crippen LogP) is 3.81. The summed E-state index contributed by atoms with van der Waals surface area (Å²) in [7, 11) is 1.66. The van der Waals surface area contributed by atoms with Crippen LogP contribution in [0.2, 0.25) is 5.02 Å². The van der Waals surface area contributed by atoms with Crippen molar-refractivity contribution in [3.05, 3.63) is 82.4 Å². The standard InChI is InChI=1S/C26H23ClFN5O2/c1-31-6-7-33(26(31)35)23-3-2-15(8-21(23)27)19-10-18(28)11-20(25(19)34)16-4-5-29-24(9-16)32-13-17-12-30-22(17)14-32/h2-11,17,22,30,34H,12-14H2,1H3. The van der Waals surface area contributed by atoms with Crippen LogP contribution in [0.25, 0.3) is 27.9 Å². The van der Waals surface area contributed by atoms with E-state index in [1.807, 2.05) is 6.07 Å². The topological polar surface area (TPSA) is 75.3 Å². The van der Waals surface area contributed by atoms with E-state index in [9.17, 15) is 14.3 Å². The van der Waals surface area contributed by atoms with E-state index >= 15 is 0 Å². The molecule has 2 fully saturated rings. The number of hydrogen-bond acceptors (Lipinski definition) is 5. The Morgan fingerprint density at radius 3 is 2.46 bits per heavy atom. The molecular formula is C26H23ClFN5O2. The highest BCUT2D eigenvalue weighted by Gasteiger charge is 2.39. The molecule has 2 unspecified atom stereocenters. The maximum Gasteiger partial charge on any atom is 0.332 e. The van der Waals surface area contributed by atoms with E-state index in [-0.39, 0.29) is 11.4 Å². The van der Waals surface area contributed by atoms with Crippen molar-refractivity contribution in [2.24, 2.45) is 13.0 Å². The van der Waals surface area contributed by atoms with Crippen molar-refractivity contribution in [2.45, 2.75) is 6.04 Å². The van der Waals surface area contributed by atoms with Crippen LogP contribution in [0.5, 0.6) is 5.75 Å². The zero-order valence-electron chi connectivity index (χ0n) is 18.9. The van der Waals surface area contributed by atoms with E-state index in [2.05, 4.69) is 15.2 Å². The first-order valence-corrected chi connectivity index (χ1v) is 11.8. The van der Waals surface area contributed by atoms with E-state index in [1.54, 1.807) is 49.9 Å². The highest BCUT2D eigenvalue weighted by molar-refractivity contribution is 6.32. The highest BCUT2D eigenvalue weighted by Crippen LogP contribution is 2.41. The number of aromatic hydroxyl groups is 1. The number of benzene rings is 2. The van der Waals surface area contributed by atoms with E-state index in [0.29, 0.717) is 44.9 Å². The van der Waals surface area contributed by atoms with Gasteiger partial charge in [-0.05, 0) is 47.5 Å². The van der Waals surface area contributed by atoms with Crippen molar-refractivity contribution in [1.82, 2.24) is 19.4 Å². The molecule has 4 heterocycles. The van der Waals surface area contributed by atoms with Gasteiger partial charge in [0.05, 0.1) is 10.7 Å². The number of nitrogens with zero attached hydrogens (tertiary/aromatic N) is 4. The molecule has 0 amide bonds. The van der Waals surface area contributed by atoms with Crippen LogP contribution in [0, 0.1) is 11.7 Å². The SMILES string of the molecule is Cn1ccn(-c2ccc(-c3cc(F)cc(-c4ccnc(N5CC6CNC6C5)c4)c3O)cc2Cl)c1=O. The van der Waals surface area contributed by atoms with Crippen LogP contribution in [-0.2, 0) is 7.05 Å². The molecule has 2 N–H and O–H groups in total. The second-order valence-electron chi connectivity index (χ2n) is 9.16. The molecule has 2 aliphatic rings. The highest BCUT2D eigenvalue weighted by atomic mass is 35.5. The Kier molecular flexibility index (Phi) is 5.16. The van der Waals surface area contributed by atoms with Crippen LogP contribution >= 0.6 is 11.6 Å². The molecule has 2 aromatic heterocycles. The van der Waals surface area contributed by atoms with E-state index < -0.39 is 5.82 Å². The number of aromatic nitrogens is 3. The number of phenols is 1. The number of rotatable bonds is 4. The van der Waals surface area contributed by atoms with Gasteiger partial charge in [0.25, 0.3) is 0 Å². The maximum atomic E-state index is 14.8. The second kappa shape index (κ2) is 8.25. The number of halogens is 2. The summed E-state index contributed by atoms with van der Waals surface area (Å²) in [5.41, 5.74) is 2.19. The van der Waals surface area contributed by atoms with Gasteiger partial charge >= 0.3 is 5.69 Å². The fourth-order valence-electron chi connectivity index (χ4n) is 4.95. The Morgan fingerprint density at radius 1 is 1.09 bits per heavy atom. The third-order valence-corrected chi connectivity index (χ3v) is 7.31. The van der Waals surface area contributed by atoms with Gasteiger partial charge in [-0.3, -0.25) is 4.57 Å². The van der Waals surface area contributed by atoms with Crippen LogP contribution in [-0.4, -0.2) is 44.9 Å². The first-order valence-electron chi connectivity index (χ1n) is 11.4. The molecule has 9 heteroatoms. The molecule has 35 heavy (non-hydrogen) atoms. The van der Waals surface area contributed by atoms with Gasteiger partial charge in [-0.15, -0.1) is 0 Å². The lowest BCUT2D eigenvalue weighted by molar-refractivity contribution is 0.297. The van der Waals surface area contributed by atoms with E-state index in [1.165, 1.54) is 21.3 Å². The summed E-state index contributed by atoms with van der Waals surface area (Å²) in [5, 5.41) is 14.9. The fraction of sp³-hybridized carbons (Fsp3) is 0.231. The number of phenolic OH excluding ortho intramolecular Hbond substituents is 1. The minimum absolute atomic E-state index is 0.0487. The van der Waals surface area contributed by atoms with Crippen LogP contribution in [0.3, 0.4) is 0 Å². The van der Waals surface area contributed by atoms with Gasteiger partial charge < -0.3 is 19.9 Å². The molecule has 178 valence electrons. The number of nitrogens with one attached hydrogen (secondary N) is 1. The third kappa shape index (κ3) is 3.69. The quantitative estimate of drug-likeness (QED) is 0.454. The molecule has 4 aromatic rings. The normalized spacial score (nSPS) is 19.0. The number of anilines is 1. The van der Waals surface area contributed by atoms with E-state index in [0.717, 1.165) is 25.5 Å². The molecule has 0 spiro atoms. The first-order chi connectivity index (χ1) is 16.9. The van der Waals surface area contributed by atoms with Crippen LogP contribution in [0.15, 0.2) is 65.8 Å². The largest absolute Gasteiger partial charge is 0.507 e. The van der Waals surface area contributed by atoms with Crippen molar-refractivity contribution < 1.29 is 9.50 Å².